The van der Waals surface area contributed by atoms with Gasteiger partial charge >= 0.3 is 23.9 Å². The van der Waals surface area contributed by atoms with Crippen LogP contribution in [0, 0.1) is 22.7 Å². The lowest BCUT2D eigenvalue weighted by atomic mass is 9.44. The van der Waals surface area contributed by atoms with Gasteiger partial charge in [-0.1, -0.05) is 20.4 Å². The molecule has 4 aliphatic rings. The molecule has 0 spiro atoms. The summed E-state index contributed by atoms with van der Waals surface area (Å²) in [5.41, 5.74) is -6.99. The van der Waals surface area contributed by atoms with Gasteiger partial charge in [0.2, 0.25) is 0 Å². The Hall–Kier alpha value is -2.83. The van der Waals surface area contributed by atoms with E-state index >= 15 is 0 Å². The number of hydrogen-bond acceptors (Lipinski definition) is 12. The zero-order valence-electron chi connectivity index (χ0n) is 23.8. The second kappa shape index (κ2) is 9.63. The molecule has 0 aromatic heterocycles. The van der Waals surface area contributed by atoms with Crippen LogP contribution in [0.25, 0.3) is 0 Å². The first-order valence-corrected chi connectivity index (χ1v) is 13.3. The highest BCUT2D eigenvalue weighted by Crippen LogP contribution is 2.67. The molecule has 3 saturated carbocycles. The van der Waals surface area contributed by atoms with Crippen LogP contribution in [-0.2, 0) is 47.7 Å². The molecule has 40 heavy (non-hydrogen) atoms. The van der Waals surface area contributed by atoms with Crippen molar-refractivity contribution in [3.8, 4) is 0 Å². The van der Waals surface area contributed by atoms with Crippen LogP contribution in [0.5, 0.6) is 0 Å². The maximum atomic E-state index is 13.8. The molecule has 222 valence electrons. The molecule has 11 atom stereocenters. The Morgan fingerprint density at radius 1 is 0.900 bits per heavy atom. The summed E-state index contributed by atoms with van der Waals surface area (Å²) >= 11 is 0. The number of ketones is 1. The summed E-state index contributed by atoms with van der Waals surface area (Å²) in [4.78, 5) is 63.9. The van der Waals surface area contributed by atoms with Crippen LogP contribution in [0.1, 0.15) is 61.3 Å². The van der Waals surface area contributed by atoms with Crippen molar-refractivity contribution in [2.75, 3.05) is 6.61 Å². The van der Waals surface area contributed by atoms with Crippen LogP contribution in [-0.4, -0.2) is 88.2 Å². The molecule has 0 aromatic carbocycles. The van der Waals surface area contributed by atoms with Gasteiger partial charge in [0.1, 0.15) is 17.8 Å². The fraction of sp³-hybridized carbons (Fsp3) is 0.750. The van der Waals surface area contributed by atoms with Crippen molar-refractivity contribution in [3.05, 3.63) is 12.2 Å². The van der Waals surface area contributed by atoms with Crippen molar-refractivity contribution >= 4 is 29.7 Å². The number of hydrogen-bond donors (Lipinski definition) is 2. The fourth-order valence-electron chi connectivity index (χ4n) is 7.97. The summed E-state index contributed by atoms with van der Waals surface area (Å²) in [5.74, 6) is -5.63. The lowest BCUT2D eigenvalue weighted by Crippen LogP contribution is -2.80. The highest BCUT2D eigenvalue weighted by atomic mass is 16.6. The first kappa shape index (κ1) is 30.1. The number of esters is 4. The van der Waals surface area contributed by atoms with Gasteiger partial charge in [0.15, 0.2) is 23.6 Å². The van der Waals surface area contributed by atoms with E-state index in [1.165, 1.54) is 20.8 Å². The minimum atomic E-state index is -2.30. The van der Waals surface area contributed by atoms with Gasteiger partial charge < -0.3 is 33.9 Å². The van der Waals surface area contributed by atoms with Gasteiger partial charge in [-0.2, -0.15) is 0 Å². The topological polar surface area (TPSA) is 172 Å². The Bertz CT molecular complexity index is 1160. The number of Topliss-reactive ketones (excluding diaryl/α,β-unsaturated/α-hetero) is 1. The number of aliphatic hydroxyl groups excluding tert-OH is 1. The Morgan fingerprint density at radius 3 is 1.95 bits per heavy atom. The van der Waals surface area contributed by atoms with E-state index in [9.17, 15) is 34.2 Å². The first-order valence-electron chi connectivity index (χ1n) is 13.3. The predicted octanol–water partition coefficient (Wildman–Crippen LogP) is 0.785. The molecule has 1 heterocycles. The zero-order valence-corrected chi connectivity index (χ0v) is 23.8. The second-order valence-corrected chi connectivity index (χ2v) is 12.1. The van der Waals surface area contributed by atoms with E-state index in [-0.39, 0.29) is 25.0 Å². The number of aliphatic hydroxyl groups is 2. The smallest absolute Gasteiger partial charge is 0.303 e. The van der Waals surface area contributed by atoms with Crippen molar-refractivity contribution in [1.29, 1.82) is 0 Å². The van der Waals surface area contributed by atoms with E-state index in [2.05, 4.69) is 6.58 Å². The number of rotatable bonds is 4. The maximum absolute atomic E-state index is 13.8. The van der Waals surface area contributed by atoms with Gasteiger partial charge in [-0.05, 0) is 12.5 Å². The average molecular weight is 567 g/mol. The lowest BCUT2D eigenvalue weighted by Gasteiger charge is -2.64. The van der Waals surface area contributed by atoms with Crippen molar-refractivity contribution in [2.45, 2.75) is 103 Å². The van der Waals surface area contributed by atoms with Crippen LogP contribution < -0.4 is 0 Å². The molecule has 12 nitrogen and oxygen atoms in total. The van der Waals surface area contributed by atoms with Crippen molar-refractivity contribution in [3.63, 3.8) is 0 Å². The molecule has 4 fully saturated rings. The third-order valence-electron chi connectivity index (χ3n) is 9.86. The maximum Gasteiger partial charge on any atom is 0.303 e. The standard InChI is InChI=1S/C28H38O12/c1-12-18(33)10-20(37-13(2)29)26(7)21(12)22(38-14(3)30)17-9-19(34)27(8)28(35,25(17,6)11-36-27)24(40-16(5)32)23(26)39-15(4)31/h17-18,20-24,33,35H,1,9-11H2,2-8H3/t17-,18-,20-,21-,22+,23-,24-,25-,26+,27-,28+/m0/s1. The van der Waals surface area contributed by atoms with E-state index in [0.29, 0.717) is 0 Å². The van der Waals surface area contributed by atoms with E-state index in [4.69, 9.17) is 23.7 Å². The molecule has 2 N–H and O–H groups in total. The number of carbonyl (C=O) groups is 5. The third kappa shape index (κ3) is 3.93. The van der Waals surface area contributed by atoms with Crippen LogP contribution in [0.2, 0.25) is 0 Å². The van der Waals surface area contributed by atoms with Gasteiger partial charge in [-0.25, -0.2) is 0 Å². The van der Waals surface area contributed by atoms with Crippen molar-refractivity contribution < 1.29 is 57.9 Å². The number of ether oxygens (including phenoxy) is 5. The van der Waals surface area contributed by atoms with Crippen LogP contribution in [0.4, 0.5) is 0 Å². The zero-order chi connectivity index (χ0) is 30.2. The summed E-state index contributed by atoms with van der Waals surface area (Å²) in [7, 11) is 0. The number of carbonyl (C=O) groups excluding carboxylic acids is 5. The van der Waals surface area contributed by atoms with Crippen LogP contribution in [0.3, 0.4) is 0 Å². The average Bonchev–Trinajstić information content (AvgIpc) is 2.96. The molecule has 4 bridgehead atoms. The number of fused-ring (bicyclic) bond motifs is 1. The van der Waals surface area contributed by atoms with E-state index in [1.807, 2.05) is 0 Å². The molecule has 0 unspecified atom stereocenters. The SMILES string of the molecule is C=C1[C@@H](O)C[C@H](OC(C)=O)[C@@]2(C)[C@@H](OC(C)=O)[C@H](OC(C)=O)[C@]3(O)[C@@]4(C)OC[C@@]3(C)[C@@H](CC4=O)[C@@H](OC(C)=O)[C@H]12. The quantitative estimate of drug-likeness (QED) is 0.279. The monoisotopic (exact) mass is 566 g/mol. The molecule has 0 amide bonds. The summed E-state index contributed by atoms with van der Waals surface area (Å²) in [6, 6.07) is 0. The molecule has 0 radical (unpaired) electrons. The van der Waals surface area contributed by atoms with E-state index < -0.39 is 94.0 Å². The lowest BCUT2D eigenvalue weighted by molar-refractivity contribution is -0.295. The molecule has 1 aliphatic heterocycles. The van der Waals surface area contributed by atoms with Gasteiger partial charge in [0.05, 0.1) is 18.1 Å². The van der Waals surface area contributed by atoms with Gasteiger partial charge in [0.25, 0.3) is 0 Å². The Balaban J connectivity index is 2.15. The Labute approximate surface area is 232 Å². The minimum absolute atomic E-state index is 0.171. The van der Waals surface area contributed by atoms with Crippen molar-refractivity contribution in [1.82, 2.24) is 0 Å². The second-order valence-electron chi connectivity index (χ2n) is 12.1. The van der Waals surface area contributed by atoms with E-state index in [0.717, 1.165) is 13.8 Å². The van der Waals surface area contributed by atoms with Crippen LogP contribution >= 0.6 is 0 Å². The third-order valence-corrected chi connectivity index (χ3v) is 9.86. The molecule has 12 heteroatoms. The Morgan fingerprint density at radius 2 is 1.43 bits per heavy atom. The summed E-state index contributed by atoms with van der Waals surface area (Å²) in [6.45, 7) is 13.1. The molecule has 1 saturated heterocycles. The fourth-order valence-corrected chi connectivity index (χ4v) is 7.97. The summed E-state index contributed by atoms with van der Waals surface area (Å²) in [5, 5.41) is 23.9. The largest absolute Gasteiger partial charge is 0.462 e. The summed E-state index contributed by atoms with van der Waals surface area (Å²) in [6.07, 6.45) is -7.28. The molecule has 4 rings (SSSR count). The Kier molecular flexibility index (Phi) is 7.25. The minimum Gasteiger partial charge on any atom is -0.462 e. The van der Waals surface area contributed by atoms with Gasteiger partial charge in [0, 0.05) is 57.8 Å². The molecule has 3 aliphatic carbocycles. The predicted molar refractivity (Wildman–Crippen MR) is 134 cm³/mol. The molecular formula is C28H38O12. The van der Waals surface area contributed by atoms with Gasteiger partial charge in [-0.3, -0.25) is 24.0 Å². The highest BCUT2D eigenvalue weighted by molar-refractivity contribution is 5.91. The van der Waals surface area contributed by atoms with Crippen LogP contribution in [0.15, 0.2) is 12.2 Å². The van der Waals surface area contributed by atoms with Gasteiger partial charge in [-0.15, -0.1) is 0 Å². The van der Waals surface area contributed by atoms with Crippen molar-refractivity contribution in [2.24, 2.45) is 22.7 Å². The summed E-state index contributed by atoms with van der Waals surface area (Å²) < 4.78 is 29.3. The highest BCUT2D eigenvalue weighted by Gasteiger charge is 2.82. The van der Waals surface area contributed by atoms with E-state index in [1.54, 1.807) is 13.8 Å². The molecule has 0 aromatic rings. The molecular weight excluding hydrogens is 528 g/mol. The normalized spacial score (nSPS) is 45.9. The first-order chi connectivity index (χ1) is 18.4.